The molecule has 1 saturated heterocycles. The van der Waals surface area contributed by atoms with E-state index in [1.54, 1.807) is 19.0 Å². The molecule has 1 unspecified atom stereocenters. The summed E-state index contributed by atoms with van der Waals surface area (Å²) < 4.78 is 1.87. The zero-order valence-electron chi connectivity index (χ0n) is 18.6. The minimum absolute atomic E-state index is 0.0328. The normalized spacial score (nSPS) is 16.7. The highest BCUT2D eigenvalue weighted by atomic mass is 16.2. The maximum absolute atomic E-state index is 12.2. The summed E-state index contributed by atoms with van der Waals surface area (Å²) in [5.41, 5.74) is 3.17. The summed E-state index contributed by atoms with van der Waals surface area (Å²) in [5.74, 6) is 1.66. The van der Waals surface area contributed by atoms with Gasteiger partial charge in [-0.25, -0.2) is 0 Å². The van der Waals surface area contributed by atoms with Crippen molar-refractivity contribution in [3.63, 3.8) is 0 Å². The zero-order valence-corrected chi connectivity index (χ0v) is 18.6. The lowest BCUT2D eigenvalue weighted by Gasteiger charge is -2.21. The topological polar surface area (TPSA) is 65.8 Å². The van der Waals surface area contributed by atoms with Gasteiger partial charge in [0.2, 0.25) is 0 Å². The first-order valence-corrected chi connectivity index (χ1v) is 10.8. The molecule has 1 aliphatic rings. The van der Waals surface area contributed by atoms with Crippen LogP contribution < -0.4 is 5.32 Å². The molecule has 1 aliphatic heterocycles. The number of hydrogen-bond donors (Lipinski definition) is 1. The molecule has 2 aromatic rings. The van der Waals surface area contributed by atoms with Crippen LogP contribution >= 0.6 is 0 Å². The summed E-state index contributed by atoms with van der Waals surface area (Å²) in [6.45, 7) is 5.72. The SMILES string of the molecule is CCNC(=NCCc1cccc(C(=O)N(C)C)c1)N1CCC(Cc2cnn(C)c2)C1. The number of likely N-dealkylation sites (tertiary alicyclic amines) is 1. The van der Waals surface area contributed by atoms with Crippen LogP contribution in [0.4, 0.5) is 0 Å². The summed E-state index contributed by atoms with van der Waals surface area (Å²) in [6, 6.07) is 7.86. The highest BCUT2D eigenvalue weighted by Gasteiger charge is 2.25. The van der Waals surface area contributed by atoms with Crippen molar-refractivity contribution in [2.75, 3.05) is 40.3 Å². The van der Waals surface area contributed by atoms with Gasteiger partial charge >= 0.3 is 0 Å². The molecule has 0 radical (unpaired) electrons. The Kier molecular flexibility index (Phi) is 7.49. The third kappa shape index (κ3) is 5.84. The lowest BCUT2D eigenvalue weighted by atomic mass is 10.0. The van der Waals surface area contributed by atoms with E-state index in [2.05, 4.69) is 34.5 Å². The first kappa shape index (κ1) is 21.9. The molecule has 0 spiro atoms. The Balaban J connectivity index is 1.57. The van der Waals surface area contributed by atoms with Crippen LogP contribution in [-0.2, 0) is 19.9 Å². The number of carbonyl (C=O) groups excluding carboxylic acids is 1. The number of aliphatic imine (C=N–C) groups is 1. The van der Waals surface area contributed by atoms with Crippen LogP contribution in [-0.4, -0.2) is 71.7 Å². The van der Waals surface area contributed by atoms with Crippen LogP contribution in [0.3, 0.4) is 0 Å². The molecule has 1 aromatic carbocycles. The second-order valence-corrected chi connectivity index (χ2v) is 8.21. The van der Waals surface area contributed by atoms with Crippen molar-refractivity contribution in [1.29, 1.82) is 0 Å². The monoisotopic (exact) mass is 410 g/mol. The molecule has 1 amide bonds. The maximum Gasteiger partial charge on any atom is 0.253 e. The summed E-state index contributed by atoms with van der Waals surface area (Å²) in [7, 11) is 5.52. The molecule has 1 fully saturated rings. The number of amides is 1. The molecular weight excluding hydrogens is 376 g/mol. The molecule has 1 aromatic heterocycles. The number of hydrogen-bond acceptors (Lipinski definition) is 3. The number of benzene rings is 1. The predicted molar refractivity (Wildman–Crippen MR) is 121 cm³/mol. The Morgan fingerprint density at radius 3 is 2.87 bits per heavy atom. The highest BCUT2D eigenvalue weighted by Crippen LogP contribution is 2.20. The number of aryl methyl sites for hydroxylation is 1. The number of nitrogens with one attached hydrogen (secondary N) is 1. The van der Waals surface area contributed by atoms with Crippen LogP contribution in [0.1, 0.15) is 34.8 Å². The molecule has 30 heavy (non-hydrogen) atoms. The van der Waals surface area contributed by atoms with Crippen molar-refractivity contribution in [2.45, 2.75) is 26.2 Å². The van der Waals surface area contributed by atoms with Crippen molar-refractivity contribution in [2.24, 2.45) is 18.0 Å². The van der Waals surface area contributed by atoms with E-state index in [-0.39, 0.29) is 5.91 Å². The first-order chi connectivity index (χ1) is 14.5. The Morgan fingerprint density at radius 1 is 1.33 bits per heavy atom. The molecule has 0 aliphatic carbocycles. The molecule has 2 heterocycles. The summed E-state index contributed by atoms with van der Waals surface area (Å²) in [4.78, 5) is 21.0. The zero-order chi connectivity index (χ0) is 21.5. The molecule has 1 N–H and O–H groups in total. The van der Waals surface area contributed by atoms with Gasteiger partial charge in [0.25, 0.3) is 5.91 Å². The number of carbonyl (C=O) groups is 1. The van der Waals surface area contributed by atoms with Gasteiger partial charge in [-0.2, -0.15) is 5.10 Å². The third-order valence-electron chi connectivity index (χ3n) is 5.45. The lowest BCUT2D eigenvalue weighted by molar-refractivity contribution is 0.0827. The Morgan fingerprint density at radius 2 is 2.17 bits per heavy atom. The van der Waals surface area contributed by atoms with Gasteiger partial charge in [0, 0.05) is 59.1 Å². The number of guanidine groups is 1. The average molecular weight is 411 g/mol. The van der Waals surface area contributed by atoms with E-state index in [4.69, 9.17) is 4.99 Å². The van der Waals surface area contributed by atoms with E-state index in [9.17, 15) is 4.79 Å². The minimum Gasteiger partial charge on any atom is -0.357 e. The van der Waals surface area contributed by atoms with Crippen molar-refractivity contribution in [3.8, 4) is 0 Å². The first-order valence-electron chi connectivity index (χ1n) is 10.8. The highest BCUT2D eigenvalue weighted by molar-refractivity contribution is 5.94. The molecule has 3 rings (SSSR count). The van der Waals surface area contributed by atoms with Crippen molar-refractivity contribution >= 4 is 11.9 Å². The van der Waals surface area contributed by atoms with E-state index >= 15 is 0 Å². The molecule has 7 heteroatoms. The Labute approximate surface area is 179 Å². The van der Waals surface area contributed by atoms with E-state index in [0.717, 1.165) is 49.6 Å². The largest absolute Gasteiger partial charge is 0.357 e. The van der Waals surface area contributed by atoms with Gasteiger partial charge in [-0.05, 0) is 55.4 Å². The fraction of sp³-hybridized carbons (Fsp3) is 0.522. The van der Waals surface area contributed by atoms with Crippen LogP contribution in [0.25, 0.3) is 0 Å². The van der Waals surface area contributed by atoms with E-state index in [1.165, 1.54) is 12.0 Å². The van der Waals surface area contributed by atoms with Crippen LogP contribution in [0.5, 0.6) is 0 Å². The lowest BCUT2D eigenvalue weighted by Crippen LogP contribution is -2.40. The van der Waals surface area contributed by atoms with Crippen LogP contribution in [0.15, 0.2) is 41.7 Å². The van der Waals surface area contributed by atoms with Gasteiger partial charge in [-0.3, -0.25) is 14.5 Å². The quantitative estimate of drug-likeness (QED) is 0.561. The molecule has 1 atom stereocenters. The average Bonchev–Trinajstić information content (AvgIpc) is 3.36. The maximum atomic E-state index is 12.2. The smallest absolute Gasteiger partial charge is 0.253 e. The molecule has 162 valence electrons. The van der Waals surface area contributed by atoms with E-state index in [1.807, 2.05) is 36.1 Å². The fourth-order valence-electron chi connectivity index (χ4n) is 3.94. The number of rotatable bonds is 7. The van der Waals surface area contributed by atoms with Gasteiger partial charge in [0.15, 0.2) is 5.96 Å². The van der Waals surface area contributed by atoms with Gasteiger partial charge in [0.05, 0.1) is 6.20 Å². The fourth-order valence-corrected chi connectivity index (χ4v) is 3.94. The summed E-state index contributed by atoms with van der Waals surface area (Å²) >= 11 is 0. The van der Waals surface area contributed by atoms with Crippen molar-refractivity contribution in [1.82, 2.24) is 24.9 Å². The second kappa shape index (κ2) is 10.3. The van der Waals surface area contributed by atoms with Crippen molar-refractivity contribution in [3.05, 3.63) is 53.3 Å². The van der Waals surface area contributed by atoms with Gasteiger partial charge in [-0.1, -0.05) is 12.1 Å². The van der Waals surface area contributed by atoms with Crippen molar-refractivity contribution < 1.29 is 4.79 Å². The number of nitrogens with zero attached hydrogens (tertiary/aromatic N) is 5. The van der Waals surface area contributed by atoms with E-state index in [0.29, 0.717) is 12.5 Å². The summed E-state index contributed by atoms with van der Waals surface area (Å²) in [6.07, 6.45) is 7.13. The van der Waals surface area contributed by atoms with Crippen LogP contribution in [0, 0.1) is 5.92 Å². The molecule has 0 bridgehead atoms. The van der Waals surface area contributed by atoms with Gasteiger partial charge < -0.3 is 15.1 Å². The van der Waals surface area contributed by atoms with Gasteiger partial charge in [0.1, 0.15) is 0 Å². The number of aromatic nitrogens is 2. The second-order valence-electron chi connectivity index (χ2n) is 8.21. The molecular formula is C23H34N6O. The van der Waals surface area contributed by atoms with Gasteiger partial charge in [-0.15, -0.1) is 0 Å². The van der Waals surface area contributed by atoms with E-state index < -0.39 is 0 Å². The molecule has 0 saturated carbocycles. The summed E-state index contributed by atoms with van der Waals surface area (Å²) in [5, 5.41) is 7.72. The predicted octanol–water partition coefficient (Wildman–Crippen LogP) is 2.19. The minimum atomic E-state index is 0.0328. The molecule has 7 nitrogen and oxygen atoms in total. The Bertz CT molecular complexity index is 872. The third-order valence-corrected chi connectivity index (χ3v) is 5.45. The standard InChI is InChI=1S/C23H34N6O/c1-5-24-23(29-12-10-19(17-29)13-20-15-26-28(4)16-20)25-11-9-18-7-6-8-21(14-18)22(30)27(2)3/h6-8,14-16,19H,5,9-13,17H2,1-4H3,(H,24,25). The Hall–Kier alpha value is -2.83. The van der Waals surface area contributed by atoms with Crippen LogP contribution in [0.2, 0.25) is 0 Å².